The summed E-state index contributed by atoms with van der Waals surface area (Å²) in [7, 11) is 0. The molecule has 0 aromatic carbocycles. The van der Waals surface area contributed by atoms with E-state index in [1.165, 1.54) is 38.5 Å². The lowest BCUT2D eigenvalue weighted by atomic mass is 9.43. The molecular weight excluding hydrogens is 753 g/mol. The molecule has 16 rings (SSSR count). The van der Waals surface area contributed by atoms with Gasteiger partial charge in [-0.1, -0.05) is 41.5 Å². The van der Waals surface area contributed by atoms with Gasteiger partial charge in [0.15, 0.2) is 0 Å². The summed E-state index contributed by atoms with van der Waals surface area (Å²) < 4.78 is 25.7. The zero-order valence-electron chi connectivity index (χ0n) is 38.6. The first-order valence-electron chi connectivity index (χ1n) is 25.2. The molecule has 336 valence electrons. The first kappa shape index (κ1) is 43.1. The van der Waals surface area contributed by atoms with Gasteiger partial charge < -0.3 is 18.9 Å². The standard InChI is InChI=1S/C52H80O8/c1-29-9-19-47(55)59-35-21-23-50(6)34(25-35)12-14-38-42-18-16-40(52(42,8)46(28-44(38)50)58-32(4)54)30(2)10-20-48(56)60-36-22-24-49(5)33(26-36)11-13-37-41-17-15-39(29)51(41,7)45(27-43(37)49)57-31(3)53/h29-30,33-46H,9-28H2,1-8H3/t29-,30+,33-,34-,35-,36-,37+,38+,39-,40-,41+,42+,43+,44+,45-,46-,49+,50+,51-,52-/m1/s1. The lowest BCUT2D eigenvalue weighted by molar-refractivity contribution is -0.199. The van der Waals surface area contributed by atoms with E-state index in [1.807, 2.05) is 0 Å². The fraction of sp³-hybridized carbons (Fsp3) is 0.923. The Morgan fingerprint density at radius 2 is 0.883 bits per heavy atom. The number of hydrogen-bond acceptors (Lipinski definition) is 8. The monoisotopic (exact) mass is 833 g/mol. The van der Waals surface area contributed by atoms with E-state index in [1.54, 1.807) is 13.8 Å². The molecule has 0 unspecified atom stereocenters. The first-order valence-corrected chi connectivity index (χ1v) is 25.2. The van der Waals surface area contributed by atoms with E-state index < -0.39 is 0 Å². The van der Waals surface area contributed by atoms with E-state index in [0.29, 0.717) is 83.9 Å². The summed E-state index contributed by atoms with van der Waals surface area (Å²) in [5.41, 5.74) is 0.0576. The molecule has 0 radical (unpaired) electrons. The average molecular weight is 833 g/mol. The molecule has 0 aromatic rings. The van der Waals surface area contributed by atoms with Gasteiger partial charge in [-0.25, -0.2) is 0 Å². The molecule has 8 nitrogen and oxygen atoms in total. The van der Waals surface area contributed by atoms with Gasteiger partial charge in [-0.2, -0.15) is 0 Å². The molecule has 20 atom stereocenters. The Bertz CT molecular complexity index is 1560. The molecule has 8 aliphatic heterocycles. The second-order valence-corrected chi connectivity index (χ2v) is 23.9. The number of ether oxygens (including phenoxy) is 4. The van der Waals surface area contributed by atoms with Crippen molar-refractivity contribution in [3.8, 4) is 0 Å². The fourth-order valence-electron chi connectivity index (χ4n) is 18.8. The summed E-state index contributed by atoms with van der Waals surface area (Å²) in [6.45, 7) is 17.8. The molecule has 0 N–H and O–H groups in total. The van der Waals surface area contributed by atoms with Crippen molar-refractivity contribution in [3.63, 3.8) is 0 Å². The maximum atomic E-state index is 13.7. The molecule has 0 spiro atoms. The van der Waals surface area contributed by atoms with Crippen LogP contribution < -0.4 is 0 Å². The van der Waals surface area contributed by atoms with Crippen molar-refractivity contribution >= 4 is 23.9 Å². The summed E-state index contributed by atoms with van der Waals surface area (Å²) in [6, 6.07) is 0. The van der Waals surface area contributed by atoms with Crippen LogP contribution in [0.15, 0.2) is 0 Å². The number of esters is 4. The molecule has 0 aromatic heterocycles. The molecule has 16 fully saturated rings. The van der Waals surface area contributed by atoms with Gasteiger partial charge in [0.2, 0.25) is 0 Å². The van der Waals surface area contributed by atoms with E-state index in [-0.39, 0.29) is 70.0 Å². The van der Waals surface area contributed by atoms with Gasteiger partial charge in [0.1, 0.15) is 24.4 Å². The molecular formula is C52H80O8. The summed E-state index contributed by atoms with van der Waals surface area (Å²) in [6.07, 6.45) is 19.2. The van der Waals surface area contributed by atoms with Crippen molar-refractivity contribution in [2.24, 2.45) is 92.7 Å². The highest BCUT2D eigenvalue weighted by atomic mass is 16.6. The summed E-state index contributed by atoms with van der Waals surface area (Å²) in [5, 5.41) is 0. The Morgan fingerprint density at radius 3 is 1.27 bits per heavy atom. The van der Waals surface area contributed by atoms with Crippen LogP contribution in [0, 0.1) is 92.7 Å². The smallest absolute Gasteiger partial charge is 0.306 e. The molecule has 0 amide bonds. The first-order chi connectivity index (χ1) is 28.5. The Balaban J connectivity index is 0.994. The van der Waals surface area contributed by atoms with Crippen molar-refractivity contribution < 1.29 is 38.1 Å². The van der Waals surface area contributed by atoms with E-state index in [2.05, 4.69) is 41.5 Å². The van der Waals surface area contributed by atoms with Crippen LogP contribution in [0.3, 0.4) is 0 Å². The largest absolute Gasteiger partial charge is 0.462 e. The normalized spacial score (nSPS) is 52.7. The van der Waals surface area contributed by atoms with Crippen LogP contribution in [0.5, 0.6) is 0 Å². The predicted octanol–water partition coefficient (Wildman–Crippen LogP) is 11.1. The van der Waals surface area contributed by atoms with Crippen molar-refractivity contribution in [3.05, 3.63) is 0 Å². The van der Waals surface area contributed by atoms with Crippen LogP contribution in [0.2, 0.25) is 0 Å². The van der Waals surface area contributed by atoms with E-state index in [0.717, 1.165) is 77.0 Å². The zero-order chi connectivity index (χ0) is 42.5. The minimum Gasteiger partial charge on any atom is -0.462 e. The highest BCUT2D eigenvalue weighted by Crippen LogP contribution is 2.71. The second kappa shape index (κ2) is 15.8. The highest BCUT2D eigenvalue weighted by Gasteiger charge is 2.67. The fourth-order valence-corrected chi connectivity index (χ4v) is 18.8. The topological polar surface area (TPSA) is 105 Å². The molecule has 16 bridgehead atoms. The molecule has 60 heavy (non-hydrogen) atoms. The van der Waals surface area contributed by atoms with Crippen LogP contribution in [-0.4, -0.2) is 48.3 Å². The van der Waals surface area contributed by atoms with Crippen LogP contribution >= 0.6 is 0 Å². The highest BCUT2D eigenvalue weighted by molar-refractivity contribution is 5.70. The minimum atomic E-state index is -0.176. The third kappa shape index (κ3) is 6.93. The lowest BCUT2D eigenvalue weighted by Crippen LogP contribution is -2.59. The average Bonchev–Trinajstić information content (AvgIpc) is 3.75. The SMILES string of the molecule is CC(=O)O[C@@H]1C[C@H]2[C@H]3CC[C@@H]4C[C@@H](CC[C@@]42C)OC(=O)CC[C@H](C)[C@H]2CC[C@H]4[C@@H]5CC[C@@H]6C[C@@H](CC[C@]6(C)[C@H]5C[C@@H](OC(C)=O)[C@]24C)OC(=O)CC[C@@H](C)[C@H]2CC[C@@H]3[C@@]21C. The Kier molecular flexibility index (Phi) is 11.4. The number of carbonyl (C=O) groups excluding carboxylic acids is 4. The molecule has 8 aliphatic carbocycles. The van der Waals surface area contributed by atoms with Gasteiger partial charge in [0.05, 0.1) is 0 Å². The lowest BCUT2D eigenvalue weighted by Gasteiger charge is -2.63. The maximum absolute atomic E-state index is 13.7. The van der Waals surface area contributed by atoms with Gasteiger partial charge in [-0.05, 0) is 197 Å². The van der Waals surface area contributed by atoms with Crippen molar-refractivity contribution in [2.45, 2.75) is 208 Å². The molecule has 16 aliphatic rings. The third-order valence-electron chi connectivity index (χ3n) is 21.7. The third-order valence-corrected chi connectivity index (χ3v) is 21.7. The van der Waals surface area contributed by atoms with Gasteiger partial charge in [0.25, 0.3) is 0 Å². The number of rotatable bonds is 2. The van der Waals surface area contributed by atoms with Crippen molar-refractivity contribution in [1.82, 2.24) is 0 Å². The summed E-state index contributed by atoms with van der Waals surface area (Å²) >= 11 is 0. The number of hydrogen-bond donors (Lipinski definition) is 0. The zero-order valence-corrected chi connectivity index (χ0v) is 38.6. The van der Waals surface area contributed by atoms with E-state index in [9.17, 15) is 19.2 Å². The van der Waals surface area contributed by atoms with E-state index in [4.69, 9.17) is 18.9 Å². The Morgan fingerprint density at radius 1 is 0.500 bits per heavy atom. The Hall–Kier alpha value is -2.12. The van der Waals surface area contributed by atoms with Crippen molar-refractivity contribution in [2.75, 3.05) is 0 Å². The molecule has 8 heteroatoms. The summed E-state index contributed by atoms with van der Waals surface area (Å²) in [4.78, 5) is 53.1. The van der Waals surface area contributed by atoms with E-state index >= 15 is 0 Å². The summed E-state index contributed by atoms with van der Waals surface area (Å²) in [5.74, 6) is 5.21. The molecule has 8 saturated carbocycles. The van der Waals surface area contributed by atoms with Crippen molar-refractivity contribution in [1.29, 1.82) is 0 Å². The van der Waals surface area contributed by atoms with Crippen LogP contribution in [-0.2, 0) is 38.1 Å². The van der Waals surface area contributed by atoms with Gasteiger partial charge >= 0.3 is 23.9 Å². The van der Waals surface area contributed by atoms with Crippen LogP contribution in [0.1, 0.15) is 184 Å². The molecule has 8 heterocycles. The van der Waals surface area contributed by atoms with Gasteiger partial charge in [-0.3, -0.25) is 19.2 Å². The predicted molar refractivity (Wildman–Crippen MR) is 229 cm³/mol. The van der Waals surface area contributed by atoms with Crippen LogP contribution in [0.4, 0.5) is 0 Å². The second-order valence-electron chi connectivity index (χ2n) is 23.9. The van der Waals surface area contributed by atoms with Gasteiger partial charge in [-0.15, -0.1) is 0 Å². The minimum absolute atomic E-state index is 0.0284. The maximum Gasteiger partial charge on any atom is 0.306 e. The Labute approximate surface area is 361 Å². The number of carbonyl (C=O) groups is 4. The van der Waals surface area contributed by atoms with Crippen LogP contribution in [0.25, 0.3) is 0 Å². The molecule has 8 saturated heterocycles. The van der Waals surface area contributed by atoms with Gasteiger partial charge in [0, 0.05) is 37.5 Å². The quantitative estimate of drug-likeness (QED) is 0.200.